The fraction of sp³-hybridized carbons (Fsp3) is 0.538. The van der Waals surface area contributed by atoms with Crippen LogP contribution in [0.15, 0.2) is 24.3 Å². The van der Waals surface area contributed by atoms with Crippen LogP contribution >= 0.6 is 0 Å². The molecule has 0 saturated carbocycles. The summed E-state index contributed by atoms with van der Waals surface area (Å²) in [6.07, 6.45) is 1.60. The van der Waals surface area contributed by atoms with Gasteiger partial charge in [0.05, 0.1) is 6.10 Å². The summed E-state index contributed by atoms with van der Waals surface area (Å²) in [5.74, 6) is 0.174. The van der Waals surface area contributed by atoms with Crippen molar-refractivity contribution in [3.8, 4) is 5.75 Å². The van der Waals surface area contributed by atoms with Crippen molar-refractivity contribution in [2.45, 2.75) is 32.1 Å². The van der Waals surface area contributed by atoms with E-state index in [0.29, 0.717) is 6.54 Å². The van der Waals surface area contributed by atoms with Crippen LogP contribution in [0.25, 0.3) is 0 Å². The lowest BCUT2D eigenvalue weighted by Gasteiger charge is -2.29. The fourth-order valence-electron chi connectivity index (χ4n) is 2.21. The molecule has 1 saturated heterocycles. The number of hydrogen-bond acceptors (Lipinski definition) is 3. The van der Waals surface area contributed by atoms with Crippen molar-refractivity contribution in [2.75, 3.05) is 13.1 Å². The van der Waals surface area contributed by atoms with Crippen molar-refractivity contribution >= 4 is 0 Å². The molecule has 1 aromatic carbocycles. The zero-order valence-corrected chi connectivity index (χ0v) is 10.1. The van der Waals surface area contributed by atoms with Crippen LogP contribution in [0.4, 0.5) is 8.78 Å². The monoisotopic (exact) mass is 257 g/mol. The second kappa shape index (κ2) is 6.11. The highest BCUT2D eigenvalue weighted by atomic mass is 19.3. The molecule has 0 aromatic heterocycles. The molecule has 0 spiro atoms. The van der Waals surface area contributed by atoms with Crippen molar-refractivity contribution in [2.24, 2.45) is 0 Å². The highest BCUT2D eigenvalue weighted by molar-refractivity contribution is 5.27. The van der Waals surface area contributed by atoms with Gasteiger partial charge in [0.15, 0.2) is 0 Å². The molecular formula is C13H17F2NO2. The number of benzene rings is 1. The van der Waals surface area contributed by atoms with Crippen LogP contribution < -0.4 is 4.74 Å². The maximum absolute atomic E-state index is 12.0. The molecule has 2 rings (SSSR count). The van der Waals surface area contributed by atoms with Crippen LogP contribution in [-0.4, -0.2) is 35.8 Å². The van der Waals surface area contributed by atoms with E-state index in [1.807, 2.05) is 0 Å². The summed E-state index contributed by atoms with van der Waals surface area (Å²) in [5, 5.41) is 9.56. The van der Waals surface area contributed by atoms with Crippen molar-refractivity contribution in [3.05, 3.63) is 29.8 Å². The van der Waals surface area contributed by atoms with E-state index >= 15 is 0 Å². The van der Waals surface area contributed by atoms with Gasteiger partial charge in [0, 0.05) is 13.1 Å². The van der Waals surface area contributed by atoms with Gasteiger partial charge in [-0.1, -0.05) is 12.1 Å². The molecule has 1 N–H and O–H groups in total. The van der Waals surface area contributed by atoms with Gasteiger partial charge >= 0.3 is 6.61 Å². The van der Waals surface area contributed by atoms with E-state index < -0.39 is 6.61 Å². The first-order valence-electron chi connectivity index (χ1n) is 6.07. The van der Waals surface area contributed by atoms with Gasteiger partial charge < -0.3 is 9.84 Å². The molecule has 1 heterocycles. The number of alkyl halides is 2. The van der Waals surface area contributed by atoms with Crippen molar-refractivity contribution in [1.29, 1.82) is 0 Å². The van der Waals surface area contributed by atoms with Gasteiger partial charge in [-0.2, -0.15) is 8.78 Å². The van der Waals surface area contributed by atoms with Gasteiger partial charge in [0.2, 0.25) is 0 Å². The number of piperidine rings is 1. The first-order valence-corrected chi connectivity index (χ1v) is 6.07. The molecule has 3 nitrogen and oxygen atoms in total. The minimum absolute atomic E-state index is 0.174. The van der Waals surface area contributed by atoms with E-state index in [9.17, 15) is 13.9 Å². The third kappa shape index (κ3) is 3.92. The highest BCUT2D eigenvalue weighted by Gasteiger charge is 2.17. The molecule has 0 bridgehead atoms. The van der Waals surface area contributed by atoms with Crippen molar-refractivity contribution in [3.63, 3.8) is 0 Å². The minimum atomic E-state index is -2.78. The number of nitrogens with zero attached hydrogens (tertiary/aromatic N) is 1. The maximum atomic E-state index is 12.0. The molecule has 1 atom stereocenters. The van der Waals surface area contributed by atoms with Crippen molar-refractivity contribution in [1.82, 2.24) is 4.90 Å². The summed E-state index contributed by atoms with van der Waals surface area (Å²) < 4.78 is 28.2. The average molecular weight is 257 g/mol. The number of likely N-dealkylation sites (tertiary alicyclic amines) is 1. The Morgan fingerprint density at radius 1 is 1.33 bits per heavy atom. The van der Waals surface area contributed by atoms with E-state index in [1.165, 1.54) is 0 Å². The first-order chi connectivity index (χ1) is 8.63. The SMILES string of the molecule is OC1CCCN(Cc2ccc(OC(F)F)cc2)C1. The van der Waals surface area contributed by atoms with E-state index in [4.69, 9.17) is 0 Å². The summed E-state index contributed by atoms with van der Waals surface area (Å²) in [5.41, 5.74) is 1.03. The van der Waals surface area contributed by atoms with Gasteiger partial charge in [0.1, 0.15) is 5.75 Å². The van der Waals surface area contributed by atoms with E-state index in [0.717, 1.165) is 31.5 Å². The summed E-state index contributed by atoms with van der Waals surface area (Å²) >= 11 is 0. The quantitative estimate of drug-likeness (QED) is 0.898. The summed E-state index contributed by atoms with van der Waals surface area (Å²) in [6, 6.07) is 6.64. The molecule has 1 unspecified atom stereocenters. The Labute approximate surface area is 105 Å². The number of aliphatic hydroxyl groups excluding tert-OH is 1. The number of rotatable bonds is 4. The van der Waals surface area contributed by atoms with Crippen molar-refractivity contribution < 1.29 is 18.6 Å². The number of ether oxygens (including phenoxy) is 1. The minimum Gasteiger partial charge on any atom is -0.435 e. The van der Waals surface area contributed by atoms with Gasteiger partial charge in [-0.25, -0.2) is 0 Å². The number of aliphatic hydroxyl groups is 1. The summed E-state index contributed by atoms with van der Waals surface area (Å²) in [4.78, 5) is 2.16. The maximum Gasteiger partial charge on any atom is 0.387 e. The number of halogens is 2. The highest BCUT2D eigenvalue weighted by Crippen LogP contribution is 2.18. The standard InChI is InChI=1S/C13H17F2NO2/c14-13(15)18-12-5-3-10(4-6-12)8-16-7-1-2-11(17)9-16/h3-6,11,13,17H,1-2,7-9H2. The van der Waals surface area contributed by atoms with E-state index in [-0.39, 0.29) is 11.9 Å². The smallest absolute Gasteiger partial charge is 0.387 e. The molecule has 0 radical (unpaired) electrons. The molecule has 0 amide bonds. The van der Waals surface area contributed by atoms with Crippen LogP contribution in [0.1, 0.15) is 18.4 Å². The van der Waals surface area contributed by atoms with Gasteiger partial charge in [-0.3, -0.25) is 4.90 Å². The van der Waals surface area contributed by atoms with Crippen LogP contribution in [0.2, 0.25) is 0 Å². The molecule has 5 heteroatoms. The zero-order chi connectivity index (χ0) is 13.0. The fourth-order valence-corrected chi connectivity index (χ4v) is 2.21. The molecule has 0 aliphatic carbocycles. The Morgan fingerprint density at radius 2 is 2.06 bits per heavy atom. The Bertz CT molecular complexity index is 370. The Hall–Kier alpha value is -1.20. The van der Waals surface area contributed by atoms with E-state index in [2.05, 4.69) is 9.64 Å². The van der Waals surface area contributed by atoms with Crippen LogP contribution in [0.5, 0.6) is 5.75 Å². The molecule has 1 aromatic rings. The third-order valence-electron chi connectivity index (χ3n) is 3.04. The largest absolute Gasteiger partial charge is 0.435 e. The molecule has 1 aliphatic rings. The average Bonchev–Trinajstić information content (AvgIpc) is 2.31. The Morgan fingerprint density at radius 3 is 2.67 bits per heavy atom. The summed E-state index contributed by atoms with van der Waals surface area (Å²) in [7, 11) is 0. The Kier molecular flexibility index (Phi) is 4.49. The molecular weight excluding hydrogens is 240 g/mol. The molecule has 1 fully saturated rings. The predicted octanol–water partition coefficient (Wildman–Crippen LogP) is 2.24. The second-order valence-corrected chi connectivity index (χ2v) is 4.55. The number of β-amino-alcohol motifs (C(OH)–C–C–N with tert-alkyl or cyclic N) is 1. The first kappa shape index (κ1) is 13.2. The summed E-state index contributed by atoms with van der Waals surface area (Å²) in [6.45, 7) is -0.415. The molecule has 1 aliphatic heterocycles. The zero-order valence-electron chi connectivity index (χ0n) is 10.1. The lowest BCUT2D eigenvalue weighted by molar-refractivity contribution is -0.0498. The lowest BCUT2D eigenvalue weighted by atomic mass is 10.1. The normalized spacial score (nSPS) is 21.2. The lowest BCUT2D eigenvalue weighted by Crippen LogP contribution is -2.37. The molecule has 18 heavy (non-hydrogen) atoms. The van der Waals surface area contributed by atoms with Gasteiger partial charge in [-0.05, 0) is 37.1 Å². The van der Waals surface area contributed by atoms with Crippen LogP contribution in [0, 0.1) is 0 Å². The van der Waals surface area contributed by atoms with Gasteiger partial charge in [-0.15, -0.1) is 0 Å². The Balaban J connectivity index is 1.89. The van der Waals surface area contributed by atoms with Crippen LogP contribution in [0.3, 0.4) is 0 Å². The molecule has 100 valence electrons. The number of hydrogen-bond donors (Lipinski definition) is 1. The third-order valence-corrected chi connectivity index (χ3v) is 3.04. The van der Waals surface area contributed by atoms with Crippen LogP contribution in [-0.2, 0) is 6.54 Å². The predicted molar refractivity (Wildman–Crippen MR) is 63.6 cm³/mol. The van der Waals surface area contributed by atoms with E-state index in [1.54, 1.807) is 24.3 Å². The second-order valence-electron chi connectivity index (χ2n) is 4.55. The van der Waals surface area contributed by atoms with Gasteiger partial charge in [0.25, 0.3) is 0 Å². The topological polar surface area (TPSA) is 32.7 Å².